The number of carbonyl (C=O) groups is 1. The molecular weight excluding hydrogens is 350 g/mol. The van der Waals surface area contributed by atoms with E-state index in [1.807, 2.05) is 48.5 Å². The van der Waals surface area contributed by atoms with Crippen molar-refractivity contribution in [3.8, 4) is 11.5 Å². The topological polar surface area (TPSA) is 47.6 Å². The molecule has 0 saturated carbocycles. The van der Waals surface area contributed by atoms with Crippen molar-refractivity contribution in [2.75, 3.05) is 19.5 Å². The maximum atomic E-state index is 13.6. The van der Waals surface area contributed by atoms with Crippen LogP contribution in [0.15, 0.2) is 72.8 Å². The van der Waals surface area contributed by atoms with Gasteiger partial charge in [-0.1, -0.05) is 54.6 Å². The van der Waals surface area contributed by atoms with E-state index in [1.54, 1.807) is 26.4 Å². The van der Waals surface area contributed by atoms with E-state index in [-0.39, 0.29) is 5.91 Å². The van der Waals surface area contributed by atoms with Gasteiger partial charge in [0, 0.05) is 11.8 Å². The molecule has 0 spiro atoms. The molecule has 0 fully saturated rings. The Labute approximate surface area is 165 Å². The molecule has 1 aliphatic carbocycles. The molecule has 3 aromatic carbocycles. The Kier molecular flexibility index (Phi) is 4.78. The lowest BCUT2D eigenvalue weighted by Crippen LogP contribution is -2.41. The van der Waals surface area contributed by atoms with E-state index in [1.165, 1.54) is 11.1 Å². The Morgan fingerprint density at radius 1 is 0.821 bits per heavy atom. The van der Waals surface area contributed by atoms with Gasteiger partial charge in [-0.15, -0.1) is 0 Å². The first-order chi connectivity index (χ1) is 13.7. The standard InChI is InChI=1S/C24H23NO3/c1-27-21-13-12-20(14-22(21)28-2)25-23(26)24(19-10-4-3-5-11-19)15-17-8-6-7-9-18(17)16-24/h3-14H,15-16H2,1-2H3,(H,25,26). The lowest BCUT2D eigenvalue weighted by atomic mass is 9.76. The second-order valence-corrected chi connectivity index (χ2v) is 7.09. The normalized spacial score (nSPS) is 14.2. The van der Waals surface area contributed by atoms with Gasteiger partial charge in [0.25, 0.3) is 0 Å². The average molecular weight is 373 g/mol. The second-order valence-electron chi connectivity index (χ2n) is 7.09. The van der Waals surface area contributed by atoms with Gasteiger partial charge in [-0.3, -0.25) is 4.79 Å². The number of anilines is 1. The Hall–Kier alpha value is -3.27. The van der Waals surface area contributed by atoms with E-state index < -0.39 is 5.41 Å². The number of benzene rings is 3. The van der Waals surface area contributed by atoms with Crippen LogP contribution in [0.25, 0.3) is 0 Å². The Balaban J connectivity index is 1.70. The van der Waals surface area contributed by atoms with Crippen molar-refractivity contribution in [1.29, 1.82) is 0 Å². The summed E-state index contributed by atoms with van der Waals surface area (Å²) in [6.07, 6.45) is 1.37. The molecule has 1 N–H and O–H groups in total. The van der Waals surface area contributed by atoms with Gasteiger partial charge in [0.05, 0.1) is 19.6 Å². The van der Waals surface area contributed by atoms with E-state index >= 15 is 0 Å². The summed E-state index contributed by atoms with van der Waals surface area (Å²) >= 11 is 0. The highest BCUT2D eigenvalue weighted by molar-refractivity contribution is 6.00. The minimum atomic E-state index is -0.627. The van der Waals surface area contributed by atoms with E-state index in [4.69, 9.17) is 9.47 Å². The minimum absolute atomic E-state index is 0.0119. The minimum Gasteiger partial charge on any atom is -0.493 e. The van der Waals surface area contributed by atoms with Crippen molar-refractivity contribution >= 4 is 11.6 Å². The van der Waals surface area contributed by atoms with Crippen molar-refractivity contribution in [2.24, 2.45) is 0 Å². The Morgan fingerprint density at radius 2 is 1.43 bits per heavy atom. The first-order valence-corrected chi connectivity index (χ1v) is 9.32. The molecule has 4 nitrogen and oxygen atoms in total. The lowest BCUT2D eigenvalue weighted by molar-refractivity contribution is -0.121. The molecule has 1 aliphatic rings. The summed E-state index contributed by atoms with van der Waals surface area (Å²) in [5, 5.41) is 3.11. The predicted octanol–water partition coefficient (Wildman–Crippen LogP) is 4.38. The van der Waals surface area contributed by atoms with Gasteiger partial charge in [-0.05, 0) is 41.7 Å². The summed E-state index contributed by atoms with van der Waals surface area (Å²) in [5.74, 6) is 1.21. The summed E-state index contributed by atoms with van der Waals surface area (Å²) in [6.45, 7) is 0. The number of methoxy groups -OCH3 is 2. The van der Waals surface area contributed by atoms with Crippen molar-refractivity contribution in [3.63, 3.8) is 0 Å². The van der Waals surface area contributed by atoms with Crippen LogP contribution in [-0.2, 0) is 23.1 Å². The van der Waals surface area contributed by atoms with Crippen molar-refractivity contribution < 1.29 is 14.3 Å². The Bertz CT molecular complexity index is 973. The van der Waals surface area contributed by atoms with Crippen molar-refractivity contribution in [1.82, 2.24) is 0 Å². The zero-order valence-corrected chi connectivity index (χ0v) is 16.1. The quantitative estimate of drug-likeness (QED) is 0.722. The fourth-order valence-corrected chi connectivity index (χ4v) is 4.03. The summed E-state index contributed by atoms with van der Waals surface area (Å²) < 4.78 is 10.7. The predicted molar refractivity (Wildman–Crippen MR) is 110 cm³/mol. The molecule has 0 atom stereocenters. The zero-order valence-electron chi connectivity index (χ0n) is 16.1. The number of hydrogen-bond acceptors (Lipinski definition) is 3. The third kappa shape index (κ3) is 3.11. The van der Waals surface area contributed by atoms with Crippen LogP contribution >= 0.6 is 0 Å². The van der Waals surface area contributed by atoms with E-state index in [0.717, 1.165) is 5.56 Å². The van der Waals surface area contributed by atoms with E-state index in [2.05, 4.69) is 17.4 Å². The number of fused-ring (bicyclic) bond motifs is 1. The molecule has 0 aromatic heterocycles. The molecule has 3 aromatic rings. The molecule has 0 saturated heterocycles. The third-order valence-corrected chi connectivity index (χ3v) is 5.51. The molecular formula is C24H23NO3. The van der Waals surface area contributed by atoms with Gasteiger partial charge in [0.2, 0.25) is 5.91 Å². The number of hydrogen-bond donors (Lipinski definition) is 1. The highest BCUT2D eigenvalue weighted by Crippen LogP contribution is 2.41. The first-order valence-electron chi connectivity index (χ1n) is 9.32. The Morgan fingerprint density at radius 3 is 2.04 bits per heavy atom. The summed E-state index contributed by atoms with van der Waals surface area (Å²) in [5.41, 5.74) is 3.55. The van der Waals surface area contributed by atoms with Gasteiger partial charge in [0.15, 0.2) is 11.5 Å². The number of rotatable bonds is 5. The summed E-state index contributed by atoms with van der Waals surface area (Å²) in [4.78, 5) is 13.6. The maximum absolute atomic E-state index is 13.6. The van der Waals surface area contributed by atoms with Gasteiger partial charge in [-0.25, -0.2) is 0 Å². The SMILES string of the molecule is COc1ccc(NC(=O)C2(c3ccccc3)Cc3ccccc3C2)cc1OC. The molecule has 0 unspecified atom stereocenters. The largest absolute Gasteiger partial charge is 0.493 e. The average Bonchev–Trinajstić information content (AvgIpc) is 3.15. The van der Waals surface area contributed by atoms with Crippen LogP contribution in [-0.4, -0.2) is 20.1 Å². The van der Waals surface area contributed by atoms with Crippen LogP contribution in [0.5, 0.6) is 11.5 Å². The van der Waals surface area contributed by atoms with Crippen LogP contribution < -0.4 is 14.8 Å². The molecule has 4 rings (SSSR count). The molecule has 1 amide bonds. The molecule has 0 heterocycles. The van der Waals surface area contributed by atoms with Gasteiger partial charge >= 0.3 is 0 Å². The van der Waals surface area contributed by atoms with Crippen LogP contribution in [0.1, 0.15) is 16.7 Å². The smallest absolute Gasteiger partial charge is 0.235 e. The number of ether oxygens (including phenoxy) is 2. The third-order valence-electron chi connectivity index (χ3n) is 5.51. The molecule has 4 heteroatoms. The van der Waals surface area contributed by atoms with Crippen LogP contribution in [0.4, 0.5) is 5.69 Å². The van der Waals surface area contributed by atoms with Crippen LogP contribution in [0.3, 0.4) is 0 Å². The summed E-state index contributed by atoms with van der Waals surface area (Å²) in [6, 6.07) is 23.8. The van der Waals surface area contributed by atoms with Gasteiger partial charge in [-0.2, -0.15) is 0 Å². The molecule has 0 aliphatic heterocycles. The first kappa shape index (κ1) is 18.1. The zero-order chi connectivity index (χ0) is 19.6. The fourth-order valence-electron chi connectivity index (χ4n) is 4.03. The van der Waals surface area contributed by atoms with E-state index in [0.29, 0.717) is 30.0 Å². The van der Waals surface area contributed by atoms with Gasteiger partial charge < -0.3 is 14.8 Å². The van der Waals surface area contributed by atoms with Gasteiger partial charge in [0.1, 0.15) is 0 Å². The number of carbonyl (C=O) groups excluding carboxylic acids is 1. The fraction of sp³-hybridized carbons (Fsp3) is 0.208. The number of amides is 1. The highest BCUT2D eigenvalue weighted by atomic mass is 16.5. The van der Waals surface area contributed by atoms with Crippen molar-refractivity contribution in [3.05, 3.63) is 89.5 Å². The lowest BCUT2D eigenvalue weighted by Gasteiger charge is -2.28. The second kappa shape index (κ2) is 7.39. The van der Waals surface area contributed by atoms with Crippen LogP contribution in [0, 0.1) is 0 Å². The maximum Gasteiger partial charge on any atom is 0.235 e. The molecule has 28 heavy (non-hydrogen) atoms. The molecule has 142 valence electrons. The van der Waals surface area contributed by atoms with Crippen molar-refractivity contribution in [2.45, 2.75) is 18.3 Å². The summed E-state index contributed by atoms with van der Waals surface area (Å²) in [7, 11) is 3.18. The monoisotopic (exact) mass is 373 g/mol. The highest BCUT2D eigenvalue weighted by Gasteiger charge is 2.45. The molecule has 0 radical (unpaired) electrons. The van der Waals surface area contributed by atoms with Crippen LogP contribution in [0.2, 0.25) is 0 Å². The van der Waals surface area contributed by atoms with E-state index in [9.17, 15) is 4.79 Å². The number of nitrogens with one attached hydrogen (secondary N) is 1. The molecule has 0 bridgehead atoms.